The summed E-state index contributed by atoms with van der Waals surface area (Å²) in [7, 11) is 0. The summed E-state index contributed by atoms with van der Waals surface area (Å²) in [6.45, 7) is 2.21. The SMILES string of the molecule is Cc1ccc(CN=Nc2ccc([N+](=O)[O-])cc2)o1. The number of rotatable bonds is 4. The summed E-state index contributed by atoms with van der Waals surface area (Å²) in [5.41, 5.74) is 0.611. The minimum Gasteiger partial charge on any atom is -0.464 e. The van der Waals surface area contributed by atoms with Gasteiger partial charge in [0.15, 0.2) is 0 Å². The van der Waals surface area contributed by atoms with Gasteiger partial charge in [-0.2, -0.15) is 10.2 Å². The molecule has 0 bridgehead atoms. The number of furan rings is 1. The van der Waals surface area contributed by atoms with Gasteiger partial charge in [-0.3, -0.25) is 10.1 Å². The second-order valence-corrected chi connectivity index (χ2v) is 3.69. The van der Waals surface area contributed by atoms with E-state index in [0.717, 1.165) is 11.5 Å². The zero-order valence-corrected chi connectivity index (χ0v) is 9.74. The van der Waals surface area contributed by atoms with E-state index in [1.54, 1.807) is 12.1 Å². The van der Waals surface area contributed by atoms with Crippen LogP contribution in [0.3, 0.4) is 0 Å². The molecule has 6 heteroatoms. The number of nitrogens with zero attached hydrogens (tertiary/aromatic N) is 3. The van der Waals surface area contributed by atoms with Gasteiger partial charge in [-0.25, -0.2) is 0 Å². The lowest BCUT2D eigenvalue weighted by molar-refractivity contribution is -0.384. The lowest BCUT2D eigenvalue weighted by Crippen LogP contribution is -1.85. The van der Waals surface area contributed by atoms with Gasteiger partial charge in [0, 0.05) is 12.1 Å². The Hall–Kier alpha value is -2.50. The van der Waals surface area contributed by atoms with Crippen molar-refractivity contribution in [3.63, 3.8) is 0 Å². The largest absolute Gasteiger partial charge is 0.464 e. The van der Waals surface area contributed by atoms with Crippen LogP contribution in [0.15, 0.2) is 51.0 Å². The Morgan fingerprint density at radius 2 is 1.94 bits per heavy atom. The van der Waals surface area contributed by atoms with Gasteiger partial charge in [-0.1, -0.05) is 0 Å². The third kappa shape index (κ3) is 3.00. The number of azo groups is 1. The summed E-state index contributed by atoms with van der Waals surface area (Å²) < 4.78 is 5.33. The number of nitro benzene ring substituents is 1. The molecule has 0 aliphatic heterocycles. The molecule has 1 aromatic carbocycles. The molecule has 0 fully saturated rings. The maximum atomic E-state index is 10.5. The molecule has 0 aliphatic carbocycles. The minimum atomic E-state index is -0.452. The fraction of sp³-hybridized carbons (Fsp3) is 0.167. The third-order valence-electron chi connectivity index (χ3n) is 2.27. The zero-order chi connectivity index (χ0) is 13.0. The lowest BCUT2D eigenvalue weighted by atomic mass is 10.3. The fourth-order valence-corrected chi connectivity index (χ4v) is 1.40. The van der Waals surface area contributed by atoms with Crippen LogP contribution in [0.5, 0.6) is 0 Å². The summed E-state index contributed by atoms with van der Waals surface area (Å²) in [5, 5.41) is 18.4. The summed E-state index contributed by atoms with van der Waals surface area (Å²) >= 11 is 0. The first-order chi connectivity index (χ1) is 8.65. The van der Waals surface area contributed by atoms with Gasteiger partial charge in [0.1, 0.15) is 18.1 Å². The van der Waals surface area contributed by atoms with Gasteiger partial charge < -0.3 is 4.42 Å². The van der Waals surface area contributed by atoms with E-state index in [4.69, 9.17) is 4.42 Å². The molecule has 1 aromatic heterocycles. The lowest BCUT2D eigenvalue weighted by Gasteiger charge is -1.92. The van der Waals surface area contributed by atoms with E-state index in [9.17, 15) is 10.1 Å². The predicted molar refractivity (Wildman–Crippen MR) is 64.8 cm³/mol. The quantitative estimate of drug-likeness (QED) is 0.467. The second kappa shape index (κ2) is 5.22. The van der Waals surface area contributed by atoms with Crippen LogP contribution >= 0.6 is 0 Å². The van der Waals surface area contributed by atoms with E-state index in [1.807, 2.05) is 19.1 Å². The summed E-state index contributed by atoms with van der Waals surface area (Å²) in [6, 6.07) is 9.59. The van der Waals surface area contributed by atoms with Crippen molar-refractivity contribution in [1.29, 1.82) is 0 Å². The van der Waals surface area contributed by atoms with E-state index < -0.39 is 4.92 Å². The van der Waals surface area contributed by atoms with Crippen LogP contribution in [-0.4, -0.2) is 4.92 Å². The summed E-state index contributed by atoms with van der Waals surface area (Å²) in [6.07, 6.45) is 0. The van der Waals surface area contributed by atoms with Gasteiger partial charge in [0.05, 0.1) is 10.6 Å². The molecule has 2 aromatic rings. The molecule has 0 radical (unpaired) electrons. The first kappa shape index (κ1) is 12.0. The topological polar surface area (TPSA) is 81.0 Å². The number of benzene rings is 1. The van der Waals surface area contributed by atoms with Crippen molar-refractivity contribution < 1.29 is 9.34 Å². The predicted octanol–water partition coefficient (Wildman–Crippen LogP) is 3.78. The van der Waals surface area contributed by atoms with Crippen molar-refractivity contribution in [2.75, 3.05) is 0 Å². The first-order valence-electron chi connectivity index (χ1n) is 5.32. The normalized spacial score (nSPS) is 10.9. The minimum absolute atomic E-state index is 0.0376. The van der Waals surface area contributed by atoms with Crippen LogP contribution in [0.2, 0.25) is 0 Å². The van der Waals surface area contributed by atoms with Gasteiger partial charge in [0.25, 0.3) is 5.69 Å². The molecule has 0 saturated carbocycles. The molecular formula is C12H11N3O3. The molecule has 0 spiro atoms. The Morgan fingerprint density at radius 1 is 1.22 bits per heavy atom. The number of hydrogen-bond donors (Lipinski definition) is 0. The summed E-state index contributed by atoms with van der Waals surface area (Å²) in [4.78, 5) is 10.0. The average molecular weight is 245 g/mol. The third-order valence-corrected chi connectivity index (χ3v) is 2.27. The van der Waals surface area contributed by atoms with Crippen LogP contribution in [0.25, 0.3) is 0 Å². The molecule has 0 unspecified atom stereocenters. The van der Waals surface area contributed by atoms with Crippen molar-refractivity contribution in [2.45, 2.75) is 13.5 Å². The van der Waals surface area contributed by atoms with Crippen LogP contribution < -0.4 is 0 Å². The molecule has 0 atom stereocenters. The van der Waals surface area contributed by atoms with Gasteiger partial charge in [-0.05, 0) is 31.2 Å². The monoisotopic (exact) mass is 245 g/mol. The highest BCUT2D eigenvalue weighted by Gasteiger charge is 2.03. The van der Waals surface area contributed by atoms with E-state index in [-0.39, 0.29) is 5.69 Å². The zero-order valence-electron chi connectivity index (χ0n) is 9.74. The standard InChI is InChI=1S/C12H11N3O3/c1-9-2-7-12(18-9)8-13-14-10-3-5-11(6-4-10)15(16)17/h2-7H,8H2,1H3. The molecule has 1 heterocycles. The first-order valence-corrected chi connectivity index (χ1v) is 5.32. The number of hydrogen-bond acceptors (Lipinski definition) is 5. The van der Waals surface area contributed by atoms with E-state index in [0.29, 0.717) is 12.2 Å². The van der Waals surface area contributed by atoms with E-state index in [2.05, 4.69) is 10.2 Å². The highest BCUT2D eigenvalue weighted by molar-refractivity contribution is 5.43. The van der Waals surface area contributed by atoms with Crippen molar-refractivity contribution in [3.8, 4) is 0 Å². The Balaban J connectivity index is 1.98. The van der Waals surface area contributed by atoms with Crippen molar-refractivity contribution >= 4 is 11.4 Å². The van der Waals surface area contributed by atoms with Gasteiger partial charge >= 0.3 is 0 Å². The van der Waals surface area contributed by atoms with Crippen LogP contribution in [-0.2, 0) is 6.54 Å². The molecule has 18 heavy (non-hydrogen) atoms. The molecule has 0 aliphatic rings. The van der Waals surface area contributed by atoms with Gasteiger partial charge in [0.2, 0.25) is 0 Å². The molecule has 2 rings (SSSR count). The Bertz CT molecular complexity index is 573. The highest BCUT2D eigenvalue weighted by atomic mass is 16.6. The Labute approximate surface area is 103 Å². The van der Waals surface area contributed by atoms with E-state index in [1.165, 1.54) is 12.1 Å². The van der Waals surface area contributed by atoms with Crippen LogP contribution in [0.4, 0.5) is 11.4 Å². The van der Waals surface area contributed by atoms with Crippen LogP contribution in [0.1, 0.15) is 11.5 Å². The average Bonchev–Trinajstić information content (AvgIpc) is 2.76. The van der Waals surface area contributed by atoms with Crippen LogP contribution in [0, 0.1) is 17.0 Å². The Morgan fingerprint density at radius 3 is 2.50 bits per heavy atom. The number of non-ortho nitro benzene ring substituents is 1. The van der Waals surface area contributed by atoms with Gasteiger partial charge in [-0.15, -0.1) is 0 Å². The van der Waals surface area contributed by atoms with Crippen molar-refractivity contribution in [1.82, 2.24) is 0 Å². The van der Waals surface area contributed by atoms with Crippen molar-refractivity contribution in [3.05, 3.63) is 58.0 Å². The smallest absolute Gasteiger partial charge is 0.269 e. The molecule has 0 amide bonds. The molecule has 92 valence electrons. The fourth-order valence-electron chi connectivity index (χ4n) is 1.40. The molecule has 0 saturated heterocycles. The number of aryl methyl sites for hydroxylation is 1. The number of nitro groups is 1. The molecule has 6 nitrogen and oxygen atoms in total. The molecule has 0 N–H and O–H groups in total. The molecular weight excluding hydrogens is 234 g/mol. The summed E-state index contributed by atoms with van der Waals surface area (Å²) in [5.74, 6) is 1.56. The maximum absolute atomic E-state index is 10.5. The Kier molecular flexibility index (Phi) is 3.47. The maximum Gasteiger partial charge on any atom is 0.269 e. The highest BCUT2D eigenvalue weighted by Crippen LogP contribution is 2.18. The van der Waals surface area contributed by atoms with E-state index >= 15 is 0 Å². The van der Waals surface area contributed by atoms with Crippen molar-refractivity contribution in [2.24, 2.45) is 10.2 Å². The second-order valence-electron chi connectivity index (χ2n) is 3.69.